The van der Waals surface area contributed by atoms with Crippen LogP contribution in [0.4, 0.5) is 4.79 Å². The standard InChI is InChI=1S/C12H12O3S/c13-12-14-7-11(15-12)16-10-5-4-8-2-1-3-9(8)6-10/h4-6,11H,1-3,7H2/t11-/m0/s1. The van der Waals surface area contributed by atoms with Crippen molar-refractivity contribution in [2.45, 2.75) is 29.6 Å². The predicted molar refractivity (Wildman–Crippen MR) is 60.5 cm³/mol. The molecule has 0 N–H and O–H groups in total. The van der Waals surface area contributed by atoms with Gasteiger partial charge in [-0.1, -0.05) is 17.8 Å². The van der Waals surface area contributed by atoms with Crippen LogP contribution < -0.4 is 0 Å². The molecule has 1 aliphatic heterocycles. The van der Waals surface area contributed by atoms with Crippen molar-refractivity contribution in [1.82, 2.24) is 0 Å². The van der Waals surface area contributed by atoms with E-state index >= 15 is 0 Å². The van der Waals surface area contributed by atoms with Crippen LogP contribution in [0.2, 0.25) is 0 Å². The van der Waals surface area contributed by atoms with Crippen LogP contribution in [0, 0.1) is 0 Å². The molecule has 1 fully saturated rings. The van der Waals surface area contributed by atoms with E-state index in [0.717, 1.165) is 4.90 Å². The number of ether oxygens (including phenoxy) is 2. The number of rotatable bonds is 2. The fourth-order valence-electron chi connectivity index (χ4n) is 2.14. The number of hydrogen-bond donors (Lipinski definition) is 0. The Morgan fingerprint density at radius 2 is 2.12 bits per heavy atom. The molecule has 1 atom stereocenters. The van der Waals surface area contributed by atoms with E-state index in [9.17, 15) is 4.79 Å². The first-order valence-corrected chi connectivity index (χ1v) is 6.31. The van der Waals surface area contributed by atoms with Crippen LogP contribution in [-0.2, 0) is 22.3 Å². The Morgan fingerprint density at radius 3 is 2.94 bits per heavy atom. The van der Waals surface area contributed by atoms with E-state index in [0.29, 0.717) is 6.61 Å². The lowest BCUT2D eigenvalue weighted by Crippen LogP contribution is -2.03. The molecule has 16 heavy (non-hydrogen) atoms. The molecule has 84 valence electrons. The number of carbonyl (C=O) groups is 1. The van der Waals surface area contributed by atoms with E-state index in [-0.39, 0.29) is 5.44 Å². The first-order valence-electron chi connectivity index (χ1n) is 5.43. The Labute approximate surface area is 98.1 Å². The van der Waals surface area contributed by atoms with Crippen molar-refractivity contribution in [2.75, 3.05) is 6.61 Å². The molecule has 3 nitrogen and oxygen atoms in total. The van der Waals surface area contributed by atoms with E-state index in [1.807, 2.05) is 0 Å². The minimum atomic E-state index is -0.557. The highest BCUT2D eigenvalue weighted by atomic mass is 32.2. The summed E-state index contributed by atoms with van der Waals surface area (Å²) in [6.07, 6.45) is 3.07. The molecule has 4 heteroatoms. The quantitative estimate of drug-likeness (QED) is 0.740. The third kappa shape index (κ3) is 1.89. The SMILES string of the molecule is O=C1OC[C@H](Sc2ccc3c(c2)CCC3)O1. The molecule has 1 aliphatic carbocycles. The minimum absolute atomic E-state index is 0.188. The van der Waals surface area contributed by atoms with Gasteiger partial charge in [0.2, 0.25) is 0 Å². The fraction of sp³-hybridized carbons (Fsp3) is 0.417. The van der Waals surface area contributed by atoms with Crippen LogP contribution in [0.5, 0.6) is 0 Å². The second-order valence-corrected chi connectivity index (χ2v) is 5.24. The molecule has 2 aliphatic rings. The van der Waals surface area contributed by atoms with Crippen molar-refractivity contribution in [3.8, 4) is 0 Å². The van der Waals surface area contributed by atoms with Gasteiger partial charge in [0, 0.05) is 4.90 Å². The first kappa shape index (κ1) is 10.0. The topological polar surface area (TPSA) is 35.5 Å². The van der Waals surface area contributed by atoms with Gasteiger partial charge in [0.15, 0.2) is 5.44 Å². The van der Waals surface area contributed by atoms with Gasteiger partial charge >= 0.3 is 6.16 Å². The zero-order valence-corrected chi connectivity index (χ0v) is 9.59. The van der Waals surface area contributed by atoms with Gasteiger partial charge in [-0.2, -0.15) is 0 Å². The van der Waals surface area contributed by atoms with Gasteiger partial charge in [0.1, 0.15) is 6.61 Å². The Kier molecular flexibility index (Phi) is 2.52. The summed E-state index contributed by atoms with van der Waals surface area (Å²) in [5.41, 5.74) is 2.71. The predicted octanol–water partition coefficient (Wildman–Crippen LogP) is 2.76. The normalized spacial score (nSPS) is 22.8. The maximum Gasteiger partial charge on any atom is 0.509 e. The number of carbonyl (C=O) groups excluding carboxylic acids is 1. The van der Waals surface area contributed by atoms with Crippen LogP contribution in [0.1, 0.15) is 17.5 Å². The first-order chi connectivity index (χ1) is 7.81. The molecule has 1 saturated heterocycles. The summed E-state index contributed by atoms with van der Waals surface area (Å²) < 4.78 is 9.73. The van der Waals surface area contributed by atoms with Gasteiger partial charge in [-0.3, -0.25) is 0 Å². The van der Waals surface area contributed by atoms with E-state index in [4.69, 9.17) is 9.47 Å². The lowest BCUT2D eigenvalue weighted by Gasteiger charge is -2.07. The molecule has 0 radical (unpaired) electrons. The molecular weight excluding hydrogens is 224 g/mol. The van der Waals surface area contributed by atoms with Crippen molar-refractivity contribution in [3.05, 3.63) is 29.3 Å². The van der Waals surface area contributed by atoms with Gasteiger partial charge in [0.25, 0.3) is 0 Å². The van der Waals surface area contributed by atoms with Crippen molar-refractivity contribution < 1.29 is 14.3 Å². The highest BCUT2D eigenvalue weighted by Crippen LogP contribution is 2.31. The molecule has 1 aromatic rings. The average Bonchev–Trinajstić information content (AvgIpc) is 2.87. The van der Waals surface area contributed by atoms with Crippen LogP contribution in [-0.4, -0.2) is 18.2 Å². The Balaban J connectivity index is 1.73. The van der Waals surface area contributed by atoms with Crippen LogP contribution in [0.3, 0.4) is 0 Å². The highest BCUT2D eigenvalue weighted by molar-refractivity contribution is 7.99. The zero-order chi connectivity index (χ0) is 11.0. The monoisotopic (exact) mass is 236 g/mol. The molecule has 0 aromatic heterocycles. The molecule has 0 spiro atoms. The number of hydrogen-bond acceptors (Lipinski definition) is 4. The molecule has 1 aromatic carbocycles. The van der Waals surface area contributed by atoms with Gasteiger partial charge < -0.3 is 9.47 Å². The van der Waals surface area contributed by atoms with Gasteiger partial charge in [-0.25, -0.2) is 4.79 Å². The van der Waals surface area contributed by atoms with Crippen LogP contribution in [0.15, 0.2) is 23.1 Å². The van der Waals surface area contributed by atoms with E-state index < -0.39 is 6.16 Å². The third-order valence-corrected chi connectivity index (χ3v) is 3.92. The van der Waals surface area contributed by atoms with E-state index in [1.54, 1.807) is 11.8 Å². The maximum atomic E-state index is 10.8. The lowest BCUT2D eigenvalue weighted by atomic mass is 10.1. The molecule has 0 bridgehead atoms. The van der Waals surface area contributed by atoms with Crippen molar-refractivity contribution in [3.63, 3.8) is 0 Å². The maximum absolute atomic E-state index is 10.8. The smallest absolute Gasteiger partial charge is 0.429 e. The Hall–Kier alpha value is -1.16. The highest BCUT2D eigenvalue weighted by Gasteiger charge is 2.26. The Morgan fingerprint density at radius 1 is 1.25 bits per heavy atom. The number of benzene rings is 1. The van der Waals surface area contributed by atoms with Crippen molar-refractivity contribution in [2.24, 2.45) is 0 Å². The largest absolute Gasteiger partial charge is 0.509 e. The van der Waals surface area contributed by atoms with Crippen LogP contribution in [0.25, 0.3) is 0 Å². The van der Waals surface area contributed by atoms with E-state index in [1.165, 1.54) is 30.4 Å². The number of aryl methyl sites for hydroxylation is 2. The van der Waals surface area contributed by atoms with Gasteiger partial charge in [-0.05, 0) is 42.5 Å². The summed E-state index contributed by atoms with van der Waals surface area (Å²) in [5, 5.41) is 0. The fourth-order valence-corrected chi connectivity index (χ4v) is 3.07. The molecule has 0 amide bonds. The molecule has 0 unspecified atom stereocenters. The second kappa shape index (κ2) is 4.01. The lowest BCUT2D eigenvalue weighted by molar-refractivity contribution is 0.129. The van der Waals surface area contributed by atoms with Gasteiger partial charge in [0.05, 0.1) is 0 Å². The molecule has 3 rings (SSSR count). The van der Waals surface area contributed by atoms with Crippen molar-refractivity contribution in [1.29, 1.82) is 0 Å². The summed E-state index contributed by atoms with van der Waals surface area (Å²) in [5.74, 6) is 0. The molecule has 0 saturated carbocycles. The number of cyclic esters (lactones) is 2. The summed E-state index contributed by atoms with van der Waals surface area (Å²) >= 11 is 1.55. The summed E-state index contributed by atoms with van der Waals surface area (Å²) in [6.45, 7) is 0.348. The van der Waals surface area contributed by atoms with Gasteiger partial charge in [-0.15, -0.1) is 0 Å². The molecular formula is C12H12O3S. The Bertz CT molecular complexity index is 430. The number of thioether (sulfide) groups is 1. The summed E-state index contributed by atoms with van der Waals surface area (Å²) in [7, 11) is 0. The zero-order valence-electron chi connectivity index (χ0n) is 8.77. The number of fused-ring (bicyclic) bond motifs is 1. The second-order valence-electron chi connectivity index (χ2n) is 4.01. The summed E-state index contributed by atoms with van der Waals surface area (Å²) in [4.78, 5) is 11.9. The van der Waals surface area contributed by atoms with Crippen LogP contribution >= 0.6 is 11.8 Å². The minimum Gasteiger partial charge on any atom is -0.429 e. The van der Waals surface area contributed by atoms with E-state index in [2.05, 4.69) is 18.2 Å². The average molecular weight is 236 g/mol. The summed E-state index contributed by atoms with van der Waals surface area (Å²) in [6, 6.07) is 6.49. The van der Waals surface area contributed by atoms with Crippen molar-refractivity contribution >= 4 is 17.9 Å². The third-order valence-electron chi connectivity index (χ3n) is 2.90. The molecule has 1 heterocycles.